The van der Waals surface area contributed by atoms with Gasteiger partial charge in [0.2, 0.25) is 0 Å². The molecule has 0 atom stereocenters. The van der Waals surface area contributed by atoms with Crippen LogP contribution in [0.5, 0.6) is 0 Å². The van der Waals surface area contributed by atoms with Crippen LogP contribution >= 0.6 is 11.3 Å². The van der Waals surface area contributed by atoms with Crippen molar-refractivity contribution in [3.63, 3.8) is 0 Å². The van der Waals surface area contributed by atoms with Gasteiger partial charge >= 0.3 is 0 Å². The molecule has 0 radical (unpaired) electrons. The summed E-state index contributed by atoms with van der Waals surface area (Å²) in [5.41, 5.74) is 0. The highest BCUT2D eigenvalue weighted by molar-refractivity contribution is 7.09. The molecular weight excluding hydrogens is 190 g/mol. The summed E-state index contributed by atoms with van der Waals surface area (Å²) in [6.07, 6.45) is 0. The van der Waals surface area contributed by atoms with Gasteiger partial charge in [0, 0.05) is 11.4 Å². The van der Waals surface area contributed by atoms with Crippen molar-refractivity contribution in [3.05, 3.63) is 22.4 Å². The Hall–Kier alpha value is -0.0500. The molecule has 0 amide bonds. The fourth-order valence-electron chi connectivity index (χ4n) is 0.897. The average molecular weight is 205 g/mol. The predicted octanol–water partition coefficient (Wildman–Crippen LogP) is -0.502. The summed E-state index contributed by atoms with van der Waals surface area (Å²) < 4.78 is 0. The van der Waals surface area contributed by atoms with Gasteiger partial charge in [-0.3, -0.25) is 0 Å². The molecular formula is C9H15ClNS-. The summed E-state index contributed by atoms with van der Waals surface area (Å²) in [5.74, 6) is 0.745. The molecule has 0 aromatic carbocycles. The Morgan fingerprint density at radius 1 is 1.50 bits per heavy atom. The third-order valence-electron chi connectivity index (χ3n) is 1.43. The zero-order chi connectivity index (χ0) is 8.10. The van der Waals surface area contributed by atoms with Gasteiger partial charge in [0.25, 0.3) is 0 Å². The van der Waals surface area contributed by atoms with Crippen LogP contribution in [0.4, 0.5) is 0 Å². The Kier molecular flexibility index (Phi) is 6.44. The minimum Gasteiger partial charge on any atom is -1.00 e. The van der Waals surface area contributed by atoms with Crippen molar-refractivity contribution >= 4 is 11.3 Å². The second-order valence-corrected chi connectivity index (χ2v) is 4.14. The smallest absolute Gasteiger partial charge is 0.0299 e. The van der Waals surface area contributed by atoms with E-state index in [1.807, 2.05) is 11.3 Å². The van der Waals surface area contributed by atoms with E-state index >= 15 is 0 Å². The van der Waals surface area contributed by atoms with Gasteiger partial charge in [0.05, 0.1) is 0 Å². The Morgan fingerprint density at radius 2 is 2.25 bits per heavy atom. The fourth-order valence-corrected chi connectivity index (χ4v) is 1.57. The van der Waals surface area contributed by atoms with Crippen molar-refractivity contribution in [2.75, 3.05) is 6.54 Å². The molecule has 70 valence electrons. The lowest BCUT2D eigenvalue weighted by atomic mass is 10.2. The van der Waals surface area contributed by atoms with Crippen LogP contribution in [0.1, 0.15) is 18.7 Å². The van der Waals surface area contributed by atoms with Crippen LogP contribution < -0.4 is 17.7 Å². The van der Waals surface area contributed by atoms with E-state index in [0.717, 1.165) is 19.0 Å². The first-order chi connectivity index (χ1) is 5.29. The highest BCUT2D eigenvalue weighted by atomic mass is 35.5. The van der Waals surface area contributed by atoms with Crippen LogP contribution in [0, 0.1) is 5.92 Å². The first kappa shape index (κ1) is 11.9. The molecule has 1 nitrogen and oxygen atoms in total. The van der Waals surface area contributed by atoms with Gasteiger partial charge in [0.15, 0.2) is 0 Å². The minimum atomic E-state index is 0. The molecule has 0 saturated carbocycles. The Balaban J connectivity index is 0.00000121. The van der Waals surface area contributed by atoms with Crippen molar-refractivity contribution in [1.82, 2.24) is 5.32 Å². The zero-order valence-electron chi connectivity index (χ0n) is 7.51. The third kappa shape index (κ3) is 4.75. The second kappa shape index (κ2) is 6.46. The zero-order valence-corrected chi connectivity index (χ0v) is 9.08. The summed E-state index contributed by atoms with van der Waals surface area (Å²) in [7, 11) is 0. The predicted molar refractivity (Wildman–Crippen MR) is 50.9 cm³/mol. The van der Waals surface area contributed by atoms with Crippen molar-refractivity contribution in [2.45, 2.75) is 20.4 Å². The Labute approximate surface area is 84.6 Å². The van der Waals surface area contributed by atoms with Crippen LogP contribution in [-0.4, -0.2) is 6.54 Å². The van der Waals surface area contributed by atoms with Crippen LogP contribution in [-0.2, 0) is 6.54 Å². The van der Waals surface area contributed by atoms with Gasteiger partial charge in [-0.1, -0.05) is 19.9 Å². The lowest BCUT2D eigenvalue weighted by Crippen LogP contribution is -3.00. The molecule has 0 aliphatic carbocycles. The summed E-state index contributed by atoms with van der Waals surface area (Å²) in [5, 5.41) is 5.52. The largest absolute Gasteiger partial charge is 1.00 e. The molecule has 0 bridgehead atoms. The average Bonchev–Trinajstić information content (AvgIpc) is 2.39. The Bertz CT molecular complexity index is 184. The summed E-state index contributed by atoms with van der Waals surface area (Å²) >= 11 is 1.81. The molecule has 1 N–H and O–H groups in total. The summed E-state index contributed by atoms with van der Waals surface area (Å²) in [4.78, 5) is 1.42. The maximum atomic E-state index is 3.40. The van der Waals surface area contributed by atoms with Gasteiger partial charge in [-0.25, -0.2) is 0 Å². The highest BCUT2D eigenvalue weighted by Crippen LogP contribution is 2.07. The van der Waals surface area contributed by atoms with E-state index in [9.17, 15) is 0 Å². The maximum absolute atomic E-state index is 3.40. The normalized spacial score (nSPS) is 9.92. The molecule has 0 aliphatic heterocycles. The second-order valence-electron chi connectivity index (χ2n) is 3.10. The van der Waals surface area contributed by atoms with Crippen LogP contribution in [0.3, 0.4) is 0 Å². The molecule has 0 unspecified atom stereocenters. The van der Waals surface area contributed by atoms with Crippen LogP contribution in [0.15, 0.2) is 17.5 Å². The quantitative estimate of drug-likeness (QED) is 0.698. The monoisotopic (exact) mass is 204 g/mol. The minimum absolute atomic E-state index is 0. The van der Waals surface area contributed by atoms with E-state index in [4.69, 9.17) is 0 Å². The van der Waals surface area contributed by atoms with Crippen LogP contribution in [0.25, 0.3) is 0 Å². The molecule has 3 heteroatoms. The summed E-state index contributed by atoms with van der Waals surface area (Å²) in [6, 6.07) is 4.26. The fraction of sp³-hybridized carbons (Fsp3) is 0.556. The molecule has 1 heterocycles. The first-order valence-electron chi connectivity index (χ1n) is 4.02. The molecule has 0 aliphatic rings. The molecule has 1 aromatic heterocycles. The highest BCUT2D eigenvalue weighted by Gasteiger charge is 1.94. The number of hydrogen-bond donors (Lipinski definition) is 1. The molecule has 1 aromatic rings. The first-order valence-corrected chi connectivity index (χ1v) is 4.90. The van der Waals surface area contributed by atoms with E-state index in [2.05, 4.69) is 36.7 Å². The van der Waals surface area contributed by atoms with Crippen LogP contribution in [0.2, 0.25) is 0 Å². The molecule has 1 rings (SSSR count). The van der Waals surface area contributed by atoms with E-state index < -0.39 is 0 Å². The van der Waals surface area contributed by atoms with Crippen molar-refractivity contribution in [2.24, 2.45) is 5.92 Å². The molecule has 0 fully saturated rings. The third-order valence-corrected chi connectivity index (χ3v) is 2.31. The van der Waals surface area contributed by atoms with Crippen molar-refractivity contribution < 1.29 is 12.4 Å². The standard InChI is InChI=1S/C9H15NS.ClH/c1-8(2)6-10-7-9-4-3-5-11-9;/h3-5,8,10H,6-7H2,1-2H3;1H/p-1. The lowest BCUT2D eigenvalue weighted by Gasteiger charge is -2.04. The number of nitrogens with one attached hydrogen (secondary N) is 1. The number of rotatable bonds is 4. The topological polar surface area (TPSA) is 12.0 Å². The van der Waals surface area contributed by atoms with Crippen molar-refractivity contribution in [3.8, 4) is 0 Å². The molecule has 12 heavy (non-hydrogen) atoms. The number of hydrogen-bond acceptors (Lipinski definition) is 2. The molecule has 0 spiro atoms. The Morgan fingerprint density at radius 3 is 2.75 bits per heavy atom. The van der Waals surface area contributed by atoms with Gasteiger partial charge in [-0.15, -0.1) is 11.3 Å². The van der Waals surface area contributed by atoms with Gasteiger partial charge in [-0.2, -0.15) is 0 Å². The number of thiophene rings is 1. The maximum Gasteiger partial charge on any atom is 0.0299 e. The van der Waals surface area contributed by atoms with Gasteiger partial charge in [0.1, 0.15) is 0 Å². The van der Waals surface area contributed by atoms with E-state index in [1.165, 1.54) is 4.88 Å². The van der Waals surface area contributed by atoms with E-state index in [0.29, 0.717) is 0 Å². The van der Waals surface area contributed by atoms with Gasteiger partial charge in [-0.05, 0) is 23.9 Å². The molecule has 0 saturated heterocycles. The van der Waals surface area contributed by atoms with E-state index in [-0.39, 0.29) is 12.4 Å². The lowest BCUT2D eigenvalue weighted by molar-refractivity contribution is -0.00000244. The summed E-state index contributed by atoms with van der Waals surface area (Å²) in [6.45, 7) is 6.58. The SMILES string of the molecule is CC(C)CNCc1cccs1.[Cl-]. The number of halogens is 1. The van der Waals surface area contributed by atoms with Crippen molar-refractivity contribution in [1.29, 1.82) is 0 Å². The van der Waals surface area contributed by atoms with Gasteiger partial charge < -0.3 is 17.7 Å². The van der Waals surface area contributed by atoms with E-state index in [1.54, 1.807) is 0 Å².